The van der Waals surface area contributed by atoms with E-state index >= 15 is 0 Å². The summed E-state index contributed by atoms with van der Waals surface area (Å²) < 4.78 is 1.81. The number of aromatic nitrogens is 2. The highest BCUT2D eigenvalue weighted by Gasteiger charge is 2.38. The van der Waals surface area contributed by atoms with Crippen molar-refractivity contribution in [1.82, 2.24) is 14.5 Å². The molecule has 0 aliphatic heterocycles. The minimum absolute atomic E-state index is 0.130. The Kier molecular flexibility index (Phi) is 3.73. The lowest BCUT2D eigenvalue weighted by Gasteiger charge is -2.33. The summed E-state index contributed by atoms with van der Waals surface area (Å²) in [6, 6.07) is 0.737. The van der Waals surface area contributed by atoms with Gasteiger partial charge in [0.2, 0.25) is 0 Å². The lowest BCUT2D eigenvalue weighted by molar-refractivity contribution is 0.0606. The average molecular weight is 249 g/mol. The van der Waals surface area contributed by atoms with Crippen LogP contribution in [-0.2, 0) is 7.05 Å². The Labute approximate surface area is 109 Å². The minimum Gasteiger partial charge on any atom is -0.331 e. The number of imidazole rings is 1. The van der Waals surface area contributed by atoms with Gasteiger partial charge in [-0.1, -0.05) is 20.3 Å². The summed E-state index contributed by atoms with van der Waals surface area (Å²) in [5.74, 6) is 0.660. The Morgan fingerprint density at radius 3 is 2.67 bits per heavy atom. The van der Waals surface area contributed by atoms with Crippen LogP contribution in [0.1, 0.15) is 50.5 Å². The molecule has 4 nitrogen and oxygen atoms in total. The van der Waals surface area contributed by atoms with E-state index in [2.05, 4.69) is 30.7 Å². The molecule has 100 valence electrons. The predicted molar refractivity (Wildman–Crippen MR) is 71.3 cm³/mol. The normalized spacial score (nSPS) is 18.4. The van der Waals surface area contributed by atoms with Crippen molar-refractivity contribution in [2.45, 2.75) is 52.1 Å². The SMILES string of the molecule is CCC(C)C(C)N(C(=O)c1cncn1C)C1CC1. The van der Waals surface area contributed by atoms with Gasteiger partial charge in [0.25, 0.3) is 5.91 Å². The lowest BCUT2D eigenvalue weighted by atomic mass is 9.98. The van der Waals surface area contributed by atoms with Gasteiger partial charge in [0.15, 0.2) is 0 Å². The van der Waals surface area contributed by atoms with Crippen LogP contribution in [0.25, 0.3) is 0 Å². The molecule has 4 heteroatoms. The van der Waals surface area contributed by atoms with Gasteiger partial charge in [0.1, 0.15) is 5.69 Å². The molecule has 1 aromatic heterocycles. The molecule has 2 atom stereocenters. The summed E-state index contributed by atoms with van der Waals surface area (Å²) in [6.07, 6.45) is 6.74. The van der Waals surface area contributed by atoms with Crippen molar-refractivity contribution in [1.29, 1.82) is 0 Å². The van der Waals surface area contributed by atoms with Crippen LogP contribution in [0.3, 0.4) is 0 Å². The molecule has 0 spiro atoms. The van der Waals surface area contributed by atoms with Crippen LogP contribution in [-0.4, -0.2) is 32.4 Å². The zero-order chi connectivity index (χ0) is 13.3. The molecule has 1 aliphatic carbocycles. The molecule has 1 saturated carbocycles. The Hall–Kier alpha value is -1.32. The van der Waals surface area contributed by atoms with Crippen LogP contribution in [0.4, 0.5) is 0 Å². The molecule has 18 heavy (non-hydrogen) atoms. The van der Waals surface area contributed by atoms with Crippen molar-refractivity contribution in [2.75, 3.05) is 0 Å². The standard InChI is InChI=1S/C14H23N3O/c1-5-10(2)11(3)17(12-6-7-12)14(18)13-8-15-9-16(13)4/h8-12H,5-7H2,1-4H3. The summed E-state index contributed by atoms with van der Waals surface area (Å²) in [5.41, 5.74) is 0.692. The van der Waals surface area contributed by atoms with Crippen molar-refractivity contribution in [3.8, 4) is 0 Å². The lowest BCUT2D eigenvalue weighted by Crippen LogP contribution is -2.44. The highest BCUT2D eigenvalue weighted by atomic mass is 16.2. The zero-order valence-corrected chi connectivity index (χ0v) is 11.8. The van der Waals surface area contributed by atoms with E-state index in [1.54, 1.807) is 17.1 Å². The Bertz CT molecular complexity index is 422. The fourth-order valence-corrected chi connectivity index (χ4v) is 2.35. The van der Waals surface area contributed by atoms with Crippen LogP contribution in [0, 0.1) is 5.92 Å². The molecule has 0 N–H and O–H groups in total. The highest BCUT2D eigenvalue weighted by Crippen LogP contribution is 2.32. The molecule has 2 rings (SSSR count). The molecule has 0 bridgehead atoms. The van der Waals surface area contributed by atoms with Crippen molar-refractivity contribution in [3.05, 3.63) is 18.2 Å². The third-order valence-corrected chi connectivity index (χ3v) is 4.12. The molecular weight excluding hydrogens is 226 g/mol. The number of hydrogen-bond acceptors (Lipinski definition) is 2. The number of rotatable bonds is 5. The highest BCUT2D eigenvalue weighted by molar-refractivity contribution is 5.93. The van der Waals surface area contributed by atoms with Crippen molar-refractivity contribution in [2.24, 2.45) is 13.0 Å². The van der Waals surface area contributed by atoms with E-state index in [-0.39, 0.29) is 5.91 Å². The third-order valence-electron chi connectivity index (χ3n) is 4.12. The first-order valence-electron chi connectivity index (χ1n) is 6.85. The molecule has 1 amide bonds. The van der Waals surface area contributed by atoms with E-state index in [9.17, 15) is 4.79 Å². The van der Waals surface area contributed by atoms with Gasteiger partial charge in [-0.05, 0) is 25.7 Å². The molecule has 1 aromatic rings. The minimum atomic E-state index is 0.130. The Morgan fingerprint density at radius 1 is 1.56 bits per heavy atom. The molecule has 1 heterocycles. The van der Waals surface area contributed by atoms with Crippen LogP contribution in [0.15, 0.2) is 12.5 Å². The van der Waals surface area contributed by atoms with Crippen molar-refractivity contribution < 1.29 is 4.79 Å². The van der Waals surface area contributed by atoms with Crippen LogP contribution in [0.2, 0.25) is 0 Å². The first-order chi connectivity index (χ1) is 8.56. The molecule has 0 aromatic carbocycles. The summed E-state index contributed by atoms with van der Waals surface area (Å²) in [7, 11) is 1.87. The molecular formula is C14H23N3O. The molecule has 0 radical (unpaired) electrons. The maximum Gasteiger partial charge on any atom is 0.272 e. The second-order valence-corrected chi connectivity index (χ2v) is 5.46. The molecule has 1 fully saturated rings. The maximum absolute atomic E-state index is 12.6. The van der Waals surface area contributed by atoms with Crippen molar-refractivity contribution >= 4 is 5.91 Å². The van der Waals surface area contributed by atoms with Gasteiger partial charge in [-0.15, -0.1) is 0 Å². The van der Waals surface area contributed by atoms with Gasteiger partial charge in [-0.25, -0.2) is 4.98 Å². The summed E-state index contributed by atoms with van der Waals surface area (Å²) in [5, 5.41) is 0. The smallest absolute Gasteiger partial charge is 0.272 e. The largest absolute Gasteiger partial charge is 0.331 e. The summed E-state index contributed by atoms with van der Waals surface area (Å²) >= 11 is 0. The summed E-state index contributed by atoms with van der Waals surface area (Å²) in [6.45, 7) is 6.57. The van der Waals surface area contributed by atoms with E-state index in [1.807, 2.05) is 7.05 Å². The van der Waals surface area contributed by atoms with Crippen LogP contribution < -0.4 is 0 Å². The van der Waals surface area contributed by atoms with Gasteiger partial charge < -0.3 is 9.47 Å². The average Bonchev–Trinajstić information content (AvgIpc) is 3.09. The number of amides is 1. The van der Waals surface area contributed by atoms with Crippen LogP contribution >= 0.6 is 0 Å². The first-order valence-corrected chi connectivity index (χ1v) is 6.85. The molecule has 2 unspecified atom stereocenters. The quantitative estimate of drug-likeness (QED) is 0.804. The zero-order valence-electron chi connectivity index (χ0n) is 11.8. The van der Waals surface area contributed by atoms with E-state index in [0.29, 0.717) is 23.7 Å². The molecule has 1 aliphatic rings. The number of carbonyl (C=O) groups is 1. The van der Waals surface area contributed by atoms with Gasteiger partial charge in [-0.3, -0.25) is 4.79 Å². The second kappa shape index (κ2) is 5.12. The first kappa shape index (κ1) is 13.1. The van der Waals surface area contributed by atoms with Gasteiger partial charge >= 0.3 is 0 Å². The number of hydrogen-bond donors (Lipinski definition) is 0. The monoisotopic (exact) mass is 249 g/mol. The topological polar surface area (TPSA) is 38.1 Å². The van der Waals surface area contributed by atoms with Gasteiger partial charge in [0, 0.05) is 19.1 Å². The number of carbonyl (C=O) groups excluding carboxylic acids is 1. The third kappa shape index (κ3) is 2.42. The second-order valence-electron chi connectivity index (χ2n) is 5.46. The van der Waals surface area contributed by atoms with E-state index in [4.69, 9.17) is 0 Å². The van der Waals surface area contributed by atoms with E-state index in [1.165, 1.54) is 0 Å². The maximum atomic E-state index is 12.6. The predicted octanol–water partition coefficient (Wildman–Crippen LogP) is 2.46. The summed E-state index contributed by atoms with van der Waals surface area (Å²) in [4.78, 5) is 18.8. The van der Waals surface area contributed by atoms with Gasteiger partial charge in [0.05, 0.1) is 12.5 Å². The Morgan fingerprint density at radius 2 is 2.22 bits per heavy atom. The van der Waals surface area contributed by atoms with Gasteiger partial charge in [-0.2, -0.15) is 0 Å². The van der Waals surface area contributed by atoms with E-state index < -0.39 is 0 Å². The van der Waals surface area contributed by atoms with Crippen molar-refractivity contribution in [3.63, 3.8) is 0 Å². The molecule has 0 saturated heterocycles. The fraction of sp³-hybridized carbons (Fsp3) is 0.714. The number of aryl methyl sites for hydroxylation is 1. The fourth-order valence-electron chi connectivity index (χ4n) is 2.35. The number of nitrogens with zero attached hydrogens (tertiary/aromatic N) is 3. The van der Waals surface area contributed by atoms with Crippen LogP contribution in [0.5, 0.6) is 0 Å². The van der Waals surface area contributed by atoms with E-state index in [0.717, 1.165) is 19.3 Å². The Balaban J connectivity index is 2.20.